The van der Waals surface area contributed by atoms with Gasteiger partial charge in [0.05, 0.1) is 26.2 Å². The van der Waals surface area contributed by atoms with Crippen LogP contribution in [0.25, 0.3) is 6.08 Å². The molecule has 0 aliphatic rings. The second-order valence-corrected chi connectivity index (χ2v) is 4.57. The molecule has 7 heteroatoms. The number of esters is 1. The molecule has 0 fully saturated rings. The van der Waals surface area contributed by atoms with Gasteiger partial charge in [0.15, 0.2) is 6.61 Å². The maximum Gasteiger partial charge on any atom is 0.331 e. The van der Waals surface area contributed by atoms with E-state index in [2.05, 4.69) is 5.32 Å². The molecule has 1 aromatic heterocycles. The Balaban J connectivity index is 1.88. The highest BCUT2D eigenvalue weighted by molar-refractivity contribution is 5.95. The maximum absolute atomic E-state index is 11.9. The SMILES string of the molecule is COc1ccc(OC)c(NC(=O)COC(=O)C=Cc2ccco2)c1. The first-order chi connectivity index (χ1) is 11.6. The first kappa shape index (κ1) is 17.1. The van der Waals surface area contributed by atoms with Gasteiger partial charge in [0, 0.05) is 12.1 Å². The lowest BCUT2D eigenvalue weighted by atomic mass is 10.2. The zero-order valence-electron chi connectivity index (χ0n) is 13.3. The fourth-order valence-electron chi connectivity index (χ4n) is 1.82. The van der Waals surface area contributed by atoms with E-state index in [9.17, 15) is 9.59 Å². The summed E-state index contributed by atoms with van der Waals surface area (Å²) in [6.07, 6.45) is 4.11. The first-order valence-corrected chi connectivity index (χ1v) is 7.02. The lowest BCUT2D eigenvalue weighted by molar-refractivity contribution is -0.142. The lowest BCUT2D eigenvalue weighted by Crippen LogP contribution is -2.20. The Morgan fingerprint density at radius 1 is 1.21 bits per heavy atom. The number of furan rings is 1. The van der Waals surface area contributed by atoms with Crippen LogP contribution in [0.5, 0.6) is 11.5 Å². The molecule has 0 saturated carbocycles. The Morgan fingerprint density at radius 3 is 2.71 bits per heavy atom. The summed E-state index contributed by atoms with van der Waals surface area (Å²) in [5.41, 5.74) is 0.420. The summed E-state index contributed by atoms with van der Waals surface area (Å²) in [6, 6.07) is 8.35. The molecule has 0 spiro atoms. The molecule has 0 atom stereocenters. The maximum atomic E-state index is 11.9. The van der Waals surface area contributed by atoms with Gasteiger partial charge in [-0.15, -0.1) is 0 Å². The van der Waals surface area contributed by atoms with E-state index in [-0.39, 0.29) is 0 Å². The van der Waals surface area contributed by atoms with E-state index in [1.807, 2.05) is 0 Å². The van der Waals surface area contributed by atoms with Gasteiger partial charge in [-0.2, -0.15) is 0 Å². The monoisotopic (exact) mass is 331 g/mol. The van der Waals surface area contributed by atoms with Crippen molar-refractivity contribution >= 4 is 23.6 Å². The molecular formula is C17H17NO6. The van der Waals surface area contributed by atoms with E-state index in [0.717, 1.165) is 0 Å². The Kier molecular flexibility index (Phi) is 6.01. The van der Waals surface area contributed by atoms with Gasteiger partial charge in [-0.25, -0.2) is 4.79 Å². The Labute approximate surface area is 138 Å². The predicted octanol–water partition coefficient (Wildman–Crippen LogP) is 2.49. The number of hydrogen-bond donors (Lipinski definition) is 1. The van der Waals surface area contributed by atoms with Crippen molar-refractivity contribution in [2.45, 2.75) is 0 Å². The minimum atomic E-state index is -0.654. The van der Waals surface area contributed by atoms with E-state index in [0.29, 0.717) is 22.9 Å². The van der Waals surface area contributed by atoms with Crippen molar-refractivity contribution in [3.05, 3.63) is 48.4 Å². The number of amides is 1. The van der Waals surface area contributed by atoms with Crippen molar-refractivity contribution in [1.82, 2.24) is 0 Å². The van der Waals surface area contributed by atoms with Crippen molar-refractivity contribution in [2.24, 2.45) is 0 Å². The largest absolute Gasteiger partial charge is 0.497 e. The Bertz CT molecular complexity index is 721. The number of rotatable bonds is 7. The standard InChI is InChI=1S/C17H17NO6/c1-21-13-5-7-15(22-2)14(10-13)18-16(19)11-24-17(20)8-6-12-4-3-9-23-12/h3-10H,11H2,1-2H3,(H,18,19). The van der Waals surface area contributed by atoms with Gasteiger partial charge in [-0.1, -0.05) is 0 Å². The zero-order valence-corrected chi connectivity index (χ0v) is 13.3. The molecule has 1 heterocycles. The van der Waals surface area contributed by atoms with Gasteiger partial charge in [0.2, 0.25) is 0 Å². The fourth-order valence-corrected chi connectivity index (χ4v) is 1.82. The summed E-state index contributed by atoms with van der Waals surface area (Å²) < 4.78 is 20.1. The van der Waals surface area contributed by atoms with Crippen LogP contribution in [-0.2, 0) is 14.3 Å². The molecule has 1 N–H and O–H groups in total. The smallest absolute Gasteiger partial charge is 0.331 e. The fraction of sp³-hybridized carbons (Fsp3) is 0.176. The lowest BCUT2D eigenvalue weighted by Gasteiger charge is -2.11. The average molecular weight is 331 g/mol. The van der Waals surface area contributed by atoms with Crippen LogP contribution in [0.3, 0.4) is 0 Å². The predicted molar refractivity (Wildman–Crippen MR) is 86.9 cm³/mol. The van der Waals surface area contributed by atoms with Crippen molar-refractivity contribution in [3.63, 3.8) is 0 Å². The minimum Gasteiger partial charge on any atom is -0.497 e. The van der Waals surface area contributed by atoms with Crippen LogP contribution in [0, 0.1) is 0 Å². The molecule has 24 heavy (non-hydrogen) atoms. The second-order valence-electron chi connectivity index (χ2n) is 4.57. The number of nitrogens with one attached hydrogen (secondary N) is 1. The summed E-state index contributed by atoms with van der Waals surface area (Å²) >= 11 is 0. The van der Waals surface area contributed by atoms with Crippen molar-refractivity contribution in [3.8, 4) is 11.5 Å². The molecule has 7 nitrogen and oxygen atoms in total. The molecule has 0 bridgehead atoms. The minimum absolute atomic E-state index is 0.420. The Hall–Kier alpha value is -3.22. The van der Waals surface area contributed by atoms with Crippen LogP contribution in [0.4, 0.5) is 5.69 Å². The van der Waals surface area contributed by atoms with Crippen LogP contribution in [0.2, 0.25) is 0 Å². The molecule has 0 saturated heterocycles. The summed E-state index contributed by atoms with van der Waals surface area (Å²) in [5, 5.41) is 2.60. The molecular weight excluding hydrogens is 314 g/mol. The number of methoxy groups -OCH3 is 2. The molecule has 0 aliphatic heterocycles. The summed E-state index contributed by atoms with van der Waals surface area (Å²) in [7, 11) is 3.00. The van der Waals surface area contributed by atoms with Crippen LogP contribution in [0.1, 0.15) is 5.76 Å². The summed E-state index contributed by atoms with van der Waals surface area (Å²) in [5.74, 6) is 0.385. The summed E-state index contributed by atoms with van der Waals surface area (Å²) in [6.45, 7) is -0.429. The normalized spacial score (nSPS) is 10.4. The number of hydrogen-bond acceptors (Lipinski definition) is 6. The van der Waals surface area contributed by atoms with Gasteiger partial charge >= 0.3 is 5.97 Å². The second kappa shape index (κ2) is 8.42. The van der Waals surface area contributed by atoms with Crippen LogP contribution < -0.4 is 14.8 Å². The van der Waals surface area contributed by atoms with Crippen LogP contribution in [0.15, 0.2) is 47.1 Å². The van der Waals surface area contributed by atoms with Crippen LogP contribution in [-0.4, -0.2) is 32.7 Å². The quantitative estimate of drug-likeness (QED) is 0.619. The van der Waals surface area contributed by atoms with Gasteiger partial charge < -0.3 is 23.9 Å². The highest BCUT2D eigenvalue weighted by Crippen LogP contribution is 2.28. The van der Waals surface area contributed by atoms with Gasteiger partial charge in [0.25, 0.3) is 5.91 Å². The number of ether oxygens (including phenoxy) is 3. The third-order valence-electron chi connectivity index (χ3n) is 2.95. The van der Waals surface area contributed by atoms with Crippen molar-refractivity contribution < 1.29 is 28.2 Å². The number of carbonyl (C=O) groups excluding carboxylic acids is 2. The molecule has 126 valence electrons. The molecule has 0 radical (unpaired) electrons. The Morgan fingerprint density at radius 2 is 2.04 bits per heavy atom. The average Bonchev–Trinajstić information content (AvgIpc) is 3.11. The van der Waals surface area contributed by atoms with E-state index in [1.54, 1.807) is 30.3 Å². The first-order valence-electron chi connectivity index (χ1n) is 7.02. The van der Waals surface area contributed by atoms with Gasteiger partial charge in [-0.3, -0.25) is 4.79 Å². The topological polar surface area (TPSA) is 87.0 Å². The van der Waals surface area contributed by atoms with E-state index < -0.39 is 18.5 Å². The van der Waals surface area contributed by atoms with E-state index in [1.165, 1.54) is 32.6 Å². The van der Waals surface area contributed by atoms with Gasteiger partial charge in [0.1, 0.15) is 17.3 Å². The zero-order chi connectivity index (χ0) is 17.4. The summed E-state index contributed by atoms with van der Waals surface area (Å²) in [4.78, 5) is 23.4. The number of benzene rings is 1. The van der Waals surface area contributed by atoms with Crippen LogP contribution >= 0.6 is 0 Å². The highest BCUT2D eigenvalue weighted by Gasteiger charge is 2.10. The van der Waals surface area contributed by atoms with E-state index >= 15 is 0 Å². The third kappa shape index (κ3) is 4.91. The van der Waals surface area contributed by atoms with Crippen molar-refractivity contribution in [1.29, 1.82) is 0 Å². The molecule has 2 aromatic rings. The molecule has 0 unspecified atom stereocenters. The van der Waals surface area contributed by atoms with Crippen molar-refractivity contribution in [2.75, 3.05) is 26.1 Å². The third-order valence-corrected chi connectivity index (χ3v) is 2.95. The molecule has 2 rings (SSSR count). The van der Waals surface area contributed by atoms with E-state index in [4.69, 9.17) is 18.6 Å². The molecule has 0 aliphatic carbocycles. The molecule has 1 amide bonds. The molecule has 1 aromatic carbocycles. The highest BCUT2D eigenvalue weighted by atomic mass is 16.5. The number of carbonyl (C=O) groups is 2. The van der Waals surface area contributed by atoms with Gasteiger partial charge in [-0.05, 0) is 30.3 Å². The number of anilines is 1.